The Morgan fingerprint density at radius 2 is 1.62 bits per heavy atom. The van der Waals surface area contributed by atoms with Gasteiger partial charge in [0.15, 0.2) is 0 Å². The molecule has 16 heavy (non-hydrogen) atoms. The molecule has 0 aliphatic carbocycles. The molecule has 0 saturated heterocycles. The second-order valence-electron chi connectivity index (χ2n) is 5.58. The van der Waals surface area contributed by atoms with Gasteiger partial charge in [-0.3, -0.25) is 0 Å². The Morgan fingerprint density at radius 1 is 0.875 bits per heavy atom. The molecular weight excluding hydrogens is 192 g/mol. The molecule has 0 aromatic heterocycles. The summed E-state index contributed by atoms with van der Waals surface area (Å²) in [6.45, 7) is 9.27. The highest BCUT2D eigenvalue weighted by atomic mass is 14.1. The molecule has 0 fully saturated rings. The van der Waals surface area contributed by atoms with Gasteiger partial charge in [-0.2, -0.15) is 0 Å². The maximum Gasteiger partial charge on any atom is -0.0355 e. The van der Waals surface area contributed by atoms with E-state index in [4.69, 9.17) is 0 Å². The Kier molecular flexibility index (Phi) is 11.5. The smallest absolute Gasteiger partial charge is 0.0355 e. The van der Waals surface area contributed by atoms with Crippen molar-refractivity contribution in [2.75, 3.05) is 0 Å². The van der Waals surface area contributed by atoms with Crippen molar-refractivity contribution in [1.82, 2.24) is 0 Å². The van der Waals surface area contributed by atoms with Crippen LogP contribution in [0.2, 0.25) is 0 Å². The highest BCUT2D eigenvalue weighted by molar-refractivity contribution is 4.75. The average molecular weight is 225 g/mol. The van der Waals surface area contributed by atoms with Crippen LogP contribution in [0.1, 0.15) is 85.5 Å². The lowest BCUT2D eigenvalue weighted by atomic mass is 9.93. The number of hydrogen-bond acceptors (Lipinski definition) is 0. The molecule has 0 aromatic carbocycles. The van der Waals surface area contributed by atoms with Gasteiger partial charge in [-0.15, -0.1) is 0 Å². The van der Waals surface area contributed by atoms with Crippen LogP contribution in [-0.4, -0.2) is 0 Å². The highest BCUT2D eigenvalue weighted by Gasteiger charge is 2.05. The first-order valence-electron chi connectivity index (χ1n) is 7.54. The molecule has 0 aliphatic rings. The van der Waals surface area contributed by atoms with Gasteiger partial charge >= 0.3 is 0 Å². The van der Waals surface area contributed by atoms with Crippen LogP contribution in [0, 0.1) is 18.3 Å². The number of unbranched alkanes of at least 4 members (excludes halogenated alkanes) is 4. The minimum Gasteiger partial charge on any atom is -0.0654 e. The van der Waals surface area contributed by atoms with Crippen LogP contribution in [-0.2, 0) is 0 Å². The maximum absolute atomic E-state index is 2.59. The average Bonchev–Trinajstić information content (AvgIpc) is 2.26. The van der Waals surface area contributed by atoms with E-state index < -0.39 is 0 Å². The maximum atomic E-state index is 2.59. The van der Waals surface area contributed by atoms with Crippen LogP contribution in [0.15, 0.2) is 0 Å². The summed E-state index contributed by atoms with van der Waals surface area (Å²) in [5.41, 5.74) is 0. The minimum atomic E-state index is 0.886. The van der Waals surface area contributed by atoms with E-state index in [1.165, 1.54) is 57.8 Å². The van der Waals surface area contributed by atoms with E-state index in [0.717, 1.165) is 11.8 Å². The summed E-state index contributed by atoms with van der Waals surface area (Å²) in [7, 11) is 0. The lowest BCUT2D eigenvalue weighted by Gasteiger charge is -2.13. The van der Waals surface area contributed by atoms with Gasteiger partial charge in [-0.1, -0.05) is 79.1 Å². The standard InChI is InChI=1S/C16H33/c1-5-7-13-16(6-2)14-11-9-8-10-12-15(3)4/h14-16H,5-13H2,1-4H3. The van der Waals surface area contributed by atoms with Gasteiger partial charge in [0.05, 0.1) is 0 Å². The third kappa shape index (κ3) is 10.5. The molecule has 0 heteroatoms. The monoisotopic (exact) mass is 225 g/mol. The first kappa shape index (κ1) is 16.0. The van der Waals surface area contributed by atoms with Crippen molar-refractivity contribution < 1.29 is 0 Å². The zero-order valence-electron chi connectivity index (χ0n) is 12.1. The van der Waals surface area contributed by atoms with Crippen molar-refractivity contribution in [2.24, 2.45) is 11.8 Å². The van der Waals surface area contributed by atoms with Gasteiger partial charge < -0.3 is 0 Å². The van der Waals surface area contributed by atoms with Crippen molar-refractivity contribution in [3.8, 4) is 0 Å². The third-order valence-electron chi connectivity index (χ3n) is 3.44. The quantitative estimate of drug-likeness (QED) is 0.377. The molecule has 0 heterocycles. The van der Waals surface area contributed by atoms with Gasteiger partial charge in [-0.05, 0) is 24.7 Å². The molecule has 0 amide bonds. The minimum absolute atomic E-state index is 0.886. The van der Waals surface area contributed by atoms with Crippen LogP contribution in [0.5, 0.6) is 0 Å². The molecule has 1 atom stereocenters. The van der Waals surface area contributed by atoms with E-state index in [2.05, 4.69) is 34.1 Å². The zero-order chi connectivity index (χ0) is 12.2. The fourth-order valence-electron chi connectivity index (χ4n) is 2.18. The summed E-state index contributed by atoms with van der Waals surface area (Å²) in [5, 5.41) is 0. The Bertz CT molecular complexity index is 126. The van der Waals surface area contributed by atoms with E-state index in [1.807, 2.05) is 0 Å². The summed E-state index contributed by atoms with van der Waals surface area (Å²) in [6.07, 6.45) is 15.1. The van der Waals surface area contributed by atoms with Crippen molar-refractivity contribution in [2.45, 2.75) is 85.5 Å². The largest absolute Gasteiger partial charge is 0.0654 e. The molecule has 0 saturated carbocycles. The predicted octanol–water partition coefficient (Wildman–Crippen LogP) is 6.01. The summed E-state index contributed by atoms with van der Waals surface area (Å²) < 4.78 is 0. The first-order valence-corrected chi connectivity index (χ1v) is 7.54. The zero-order valence-corrected chi connectivity index (χ0v) is 12.1. The summed E-state index contributed by atoms with van der Waals surface area (Å²) in [5.74, 6) is 1.78. The second kappa shape index (κ2) is 11.5. The van der Waals surface area contributed by atoms with E-state index in [0.29, 0.717) is 0 Å². The first-order chi connectivity index (χ1) is 7.70. The molecule has 0 rings (SSSR count). The van der Waals surface area contributed by atoms with E-state index in [9.17, 15) is 0 Å². The molecule has 0 bridgehead atoms. The molecule has 0 nitrogen and oxygen atoms in total. The van der Waals surface area contributed by atoms with E-state index in [-0.39, 0.29) is 0 Å². The Balaban J connectivity index is 3.27. The van der Waals surface area contributed by atoms with Crippen LogP contribution in [0.3, 0.4) is 0 Å². The molecule has 0 aliphatic heterocycles. The van der Waals surface area contributed by atoms with Crippen molar-refractivity contribution >= 4 is 0 Å². The van der Waals surface area contributed by atoms with Crippen LogP contribution >= 0.6 is 0 Å². The molecule has 1 unspecified atom stereocenters. The molecule has 97 valence electrons. The van der Waals surface area contributed by atoms with Gasteiger partial charge in [0, 0.05) is 0 Å². The molecule has 0 aromatic rings. The van der Waals surface area contributed by atoms with Gasteiger partial charge in [-0.25, -0.2) is 0 Å². The molecule has 0 spiro atoms. The number of hydrogen-bond donors (Lipinski definition) is 0. The molecule has 0 N–H and O–H groups in total. The fourth-order valence-corrected chi connectivity index (χ4v) is 2.18. The van der Waals surface area contributed by atoms with Crippen molar-refractivity contribution in [3.63, 3.8) is 0 Å². The topological polar surface area (TPSA) is 0 Å². The normalized spacial score (nSPS) is 13.3. The highest BCUT2D eigenvalue weighted by Crippen LogP contribution is 2.19. The summed E-state index contributed by atoms with van der Waals surface area (Å²) >= 11 is 0. The van der Waals surface area contributed by atoms with Crippen molar-refractivity contribution in [1.29, 1.82) is 0 Å². The van der Waals surface area contributed by atoms with Crippen molar-refractivity contribution in [3.05, 3.63) is 6.42 Å². The Hall–Kier alpha value is 0. The van der Waals surface area contributed by atoms with E-state index >= 15 is 0 Å². The lowest BCUT2D eigenvalue weighted by molar-refractivity contribution is 0.476. The molecule has 1 radical (unpaired) electrons. The van der Waals surface area contributed by atoms with Gasteiger partial charge in [0.25, 0.3) is 0 Å². The summed E-state index contributed by atoms with van der Waals surface area (Å²) in [6, 6.07) is 0. The van der Waals surface area contributed by atoms with Crippen LogP contribution < -0.4 is 0 Å². The van der Waals surface area contributed by atoms with Crippen LogP contribution in [0.4, 0.5) is 0 Å². The Labute approximate surface area is 104 Å². The molecular formula is C16H33. The fraction of sp³-hybridized carbons (Fsp3) is 0.938. The van der Waals surface area contributed by atoms with Gasteiger partial charge in [0.1, 0.15) is 0 Å². The lowest BCUT2D eigenvalue weighted by Crippen LogP contribution is -1.99. The van der Waals surface area contributed by atoms with E-state index in [1.54, 1.807) is 0 Å². The summed E-state index contributed by atoms with van der Waals surface area (Å²) in [4.78, 5) is 0. The SMILES string of the molecule is CCCCC([CH]CCCCCC(C)C)CC. The van der Waals surface area contributed by atoms with Gasteiger partial charge in [0.2, 0.25) is 0 Å². The Morgan fingerprint density at radius 3 is 2.19 bits per heavy atom. The predicted molar refractivity (Wildman–Crippen MR) is 75.5 cm³/mol. The second-order valence-corrected chi connectivity index (χ2v) is 5.58. The van der Waals surface area contributed by atoms with Crippen LogP contribution in [0.25, 0.3) is 0 Å². The number of rotatable bonds is 11. The third-order valence-corrected chi connectivity index (χ3v) is 3.44.